The van der Waals surface area contributed by atoms with Crippen LogP contribution in [0.4, 0.5) is 4.39 Å². The lowest BCUT2D eigenvalue weighted by Crippen LogP contribution is -2.52. The zero-order valence-corrected chi connectivity index (χ0v) is 15.8. The number of rotatable bonds is 6. The Bertz CT molecular complexity index is 1010. The molecule has 3 aliphatic rings. The molecule has 10 nitrogen and oxygen atoms in total. The number of halogens is 1. The van der Waals surface area contributed by atoms with E-state index in [9.17, 15) is 19.5 Å². The molecule has 1 amide bonds. The van der Waals surface area contributed by atoms with E-state index in [1.54, 1.807) is 6.07 Å². The maximum absolute atomic E-state index is 13.5. The Hall–Kier alpha value is -3.21. The van der Waals surface area contributed by atoms with Crippen LogP contribution in [0.3, 0.4) is 0 Å². The zero-order chi connectivity index (χ0) is 20.9. The van der Waals surface area contributed by atoms with E-state index in [-0.39, 0.29) is 47.3 Å². The largest absolute Gasteiger partial charge is 0.470 e. The highest BCUT2D eigenvalue weighted by Crippen LogP contribution is 2.37. The third-order valence-corrected chi connectivity index (χ3v) is 5.86. The maximum atomic E-state index is 13.5. The van der Waals surface area contributed by atoms with E-state index in [0.717, 1.165) is 11.1 Å². The standard InChI is InChI=1S/C19H20FN5O5/c20-10-2-1-9-5-14(13(9)6-10)22-16(23-28)15-17(25-30-24-15)29-12-7-11(8-12)21-18(26)19(27)3-4-19/h1-2,6,11-12,14,27-28H,3-5,7-8H2,(H,21,26)(H,22,23)/t11?,12?,14-/m0/s1. The predicted molar refractivity (Wildman–Crippen MR) is 98.4 cm³/mol. The van der Waals surface area contributed by atoms with Crippen molar-refractivity contribution in [3.8, 4) is 5.88 Å². The Kier molecular flexibility index (Phi) is 4.35. The number of nitrogens with one attached hydrogen (secondary N) is 2. The van der Waals surface area contributed by atoms with Crippen molar-refractivity contribution in [2.45, 2.75) is 55.9 Å². The van der Waals surface area contributed by atoms with Crippen molar-refractivity contribution in [1.82, 2.24) is 20.9 Å². The van der Waals surface area contributed by atoms with E-state index < -0.39 is 5.60 Å². The van der Waals surface area contributed by atoms with E-state index in [4.69, 9.17) is 9.37 Å². The van der Waals surface area contributed by atoms with Crippen LogP contribution < -0.4 is 15.4 Å². The van der Waals surface area contributed by atoms with Gasteiger partial charge in [-0.05, 0) is 52.8 Å². The first kappa shape index (κ1) is 18.8. The summed E-state index contributed by atoms with van der Waals surface area (Å²) in [6.07, 6.45) is 2.49. The molecule has 30 heavy (non-hydrogen) atoms. The first-order valence-corrected chi connectivity index (χ1v) is 9.75. The highest BCUT2D eigenvalue weighted by atomic mass is 19.1. The number of aromatic nitrogens is 2. The number of aliphatic hydroxyl groups is 1. The normalized spacial score (nSPS) is 26.1. The number of benzene rings is 1. The van der Waals surface area contributed by atoms with Crippen LogP contribution in [-0.2, 0) is 11.2 Å². The van der Waals surface area contributed by atoms with Gasteiger partial charge in [0.15, 0.2) is 0 Å². The number of hydrogen-bond donors (Lipinski definition) is 4. The van der Waals surface area contributed by atoms with Crippen LogP contribution in [0.1, 0.15) is 48.5 Å². The van der Waals surface area contributed by atoms with Gasteiger partial charge in [-0.3, -0.25) is 4.79 Å². The van der Waals surface area contributed by atoms with Crippen molar-refractivity contribution in [1.29, 1.82) is 0 Å². The molecule has 4 N–H and O–H groups in total. The van der Waals surface area contributed by atoms with E-state index in [2.05, 4.69) is 26.1 Å². The van der Waals surface area contributed by atoms with Gasteiger partial charge in [0.25, 0.3) is 11.8 Å². The topological polar surface area (TPSA) is 142 Å². The molecule has 158 valence electrons. The summed E-state index contributed by atoms with van der Waals surface area (Å²) in [6, 6.07) is 4.25. The van der Waals surface area contributed by atoms with Crippen LogP contribution >= 0.6 is 0 Å². The minimum Gasteiger partial charge on any atom is -0.470 e. The summed E-state index contributed by atoms with van der Waals surface area (Å²) in [4.78, 5) is 11.9. The highest BCUT2D eigenvalue weighted by molar-refractivity contribution is 5.98. The van der Waals surface area contributed by atoms with Gasteiger partial charge in [0.2, 0.25) is 11.5 Å². The minimum absolute atomic E-state index is 0.00583. The van der Waals surface area contributed by atoms with Gasteiger partial charge >= 0.3 is 0 Å². The fraction of sp³-hybridized carbons (Fsp3) is 0.474. The van der Waals surface area contributed by atoms with Gasteiger partial charge in [-0.2, -0.15) is 0 Å². The number of nitrogens with zero attached hydrogens (tertiary/aromatic N) is 3. The average molecular weight is 417 g/mol. The lowest BCUT2D eigenvalue weighted by atomic mass is 9.83. The van der Waals surface area contributed by atoms with Crippen molar-refractivity contribution in [2.75, 3.05) is 0 Å². The van der Waals surface area contributed by atoms with Crippen molar-refractivity contribution < 1.29 is 28.9 Å². The molecule has 0 aliphatic heterocycles. The quantitative estimate of drug-likeness (QED) is 0.234. The van der Waals surface area contributed by atoms with Crippen LogP contribution in [0, 0.1) is 5.82 Å². The smallest absolute Gasteiger partial charge is 0.287 e. The Balaban J connectivity index is 1.18. The minimum atomic E-state index is -1.20. The van der Waals surface area contributed by atoms with Crippen LogP contribution in [-0.4, -0.2) is 50.1 Å². The molecule has 2 fully saturated rings. The fourth-order valence-corrected chi connectivity index (χ4v) is 3.72. The summed E-state index contributed by atoms with van der Waals surface area (Å²) < 4.78 is 24.0. The molecule has 3 aliphatic carbocycles. The summed E-state index contributed by atoms with van der Waals surface area (Å²) in [5.41, 5.74) is 0.697. The molecule has 2 saturated carbocycles. The molecule has 0 bridgehead atoms. The number of carbonyl (C=O) groups excluding carboxylic acids is 1. The zero-order valence-electron chi connectivity index (χ0n) is 15.8. The third kappa shape index (κ3) is 3.34. The van der Waals surface area contributed by atoms with E-state index in [1.807, 2.05) is 0 Å². The second kappa shape index (κ2) is 6.94. The Morgan fingerprint density at radius 2 is 2.10 bits per heavy atom. The highest BCUT2D eigenvalue weighted by Gasteiger charge is 2.49. The van der Waals surface area contributed by atoms with Crippen molar-refractivity contribution in [3.63, 3.8) is 0 Å². The van der Waals surface area contributed by atoms with Crippen molar-refractivity contribution >= 4 is 11.7 Å². The molecule has 1 atom stereocenters. The number of oxime groups is 1. The molecular formula is C19H20FN5O5. The Morgan fingerprint density at radius 1 is 1.30 bits per heavy atom. The number of amides is 1. The summed E-state index contributed by atoms with van der Waals surface area (Å²) in [5.74, 6) is -0.614. The summed E-state index contributed by atoms with van der Waals surface area (Å²) in [6.45, 7) is 0. The Morgan fingerprint density at radius 3 is 2.83 bits per heavy atom. The molecular weight excluding hydrogens is 397 g/mol. The molecule has 1 aromatic heterocycles. The summed E-state index contributed by atoms with van der Waals surface area (Å²) in [5, 5.41) is 35.7. The van der Waals surface area contributed by atoms with Gasteiger partial charge in [-0.15, -0.1) is 0 Å². The number of amidine groups is 1. The lowest BCUT2D eigenvalue weighted by Gasteiger charge is -2.35. The van der Waals surface area contributed by atoms with Crippen molar-refractivity contribution in [2.24, 2.45) is 5.16 Å². The first-order chi connectivity index (χ1) is 14.4. The molecule has 0 unspecified atom stereocenters. The summed E-state index contributed by atoms with van der Waals surface area (Å²) in [7, 11) is 0. The van der Waals surface area contributed by atoms with E-state index in [1.165, 1.54) is 12.1 Å². The predicted octanol–water partition coefficient (Wildman–Crippen LogP) is 0.782. The molecule has 0 spiro atoms. The molecule has 11 heteroatoms. The van der Waals surface area contributed by atoms with E-state index in [0.29, 0.717) is 32.1 Å². The lowest BCUT2D eigenvalue weighted by molar-refractivity contribution is -0.133. The van der Waals surface area contributed by atoms with Gasteiger partial charge < -0.3 is 25.7 Å². The van der Waals surface area contributed by atoms with Crippen LogP contribution in [0.5, 0.6) is 5.88 Å². The van der Waals surface area contributed by atoms with Crippen molar-refractivity contribution in [3.05, 3.63) is 40.8 Å². The third-order valence-electron chi connectivity index (χ3n) is 5.86. The molecule has 0 radical (unpaired) electrons. The Labute approximate surface area is 170 Å². The van der Waals surface area contributed by atoms with Gasteiger partial charge in [0.05, 0.1) is 6.04 Å². The van der Waals surface area contributed by atoms with Crippen LogP contribution in [0.2, 0.25) is 0 Å². The fourth-order valence-electron chi connectivity index (χ4n) is 3.72. The second-order valence-electron chi connectivity index (χ2n) is 8.02. The number of carbonyl (C=O) groups is 1. The van der Waals surface area contributed by atoms with Gasteiger partial charge in [-0.25, -0.2) is 9.02 Å². The average Bonchev–Trinajstić information content (AvgIpc) is 3.28. The molecule has 0 saturated heterocycles. The van der Waals surface area contributed by atoms with Gasteiger partial charge in [-0.1, -0.05) is 11.2 Å². The van der Waals surface area contributed by atoms with E-state index >= 15 is 0 Å². The van der Waals surface area contributed by atoms with Crippen LogP contribution in [0.15, 0.2) is 28.0 Å². The van der Waals surface area contributed by atoms with Gasteiger partial charge in [0, 0.05) is 18.9 Å². The molecule has 2 aromatic rings. The maximum Gasteiger partial charge on any atom is 0.287 e. The molecule has 1 heterocycles. The SMILES string of the molecule is O=C(NC1CC(Oc2nonc2/C(=N/O)N[C@H]2Cc3ccc(F)cc32)C1)C1(O)CC1. The molecule has 5 rings (SSSR count). The summed E-state index contributed by atoms with van der Waals surface area (Å²) >= 11 is 0. The number of ether oxygens (including phenoxy) is 1. The number of hydrogen-bond acceptors (Lipinski definition) is 8. The molecule has 1 aromatic carbocycles. The number of fused-ring (bicyclic) bond motifs is 1. The van der Waals surface area contributed by atoms with Crippen LogP contribution in [0.25, 0.3) is 0 Å². The first-order valence-electron chi connectivity index (χ1n) is 9.75. The van der Waals surface area contributed by atoms with Gasteiger partial charge in [0.1, 0.15) is 17.5 Å². The monoisotopic (exact) mass is 417 g/mol. The second-order valence-corrected chi connectivity index (χ2v) is 8.02.